The fraction of sp³-hybridized carbons (Fsp3) is 0.538. The van der Waals surface area contributed by atoms with E-state index in [1.54, 1.807) is 0 Å². The normalized spacial score (nSPS) is 22.3. The van der Waals surface area contributed by atoms with Gasteiger partial charge >= 0.3 is 0 Å². The minimum Gasteiger partial charge on any atom is -0.399 e. The van der Waals surface area contributed by atoms with E-state index in [1.807, 2.05) is 6.07 Å². The summed E-state index contributed by atoms with van der Waals surface area (Å²) >= 11 is 0. The third kappa shape index (κ3) is 3.24. The van der Waals surface area contributed by atoms with Crippen molar-refractivity contribution in [3.63, 3.8) is 0 Å². The van der Waals surface area contributed by atoms with Crippen LogP contribution in [0.2, 0.25) is 0 Å². The fourth-order valence-corrected chi connectivity index (χ4v) is 2.32. The lowest BCUT2D eigenvalue weighted by Crippen LogP contribution is -2.21. The molecule has 82 valence electrons. The molecule has 1 heterocycles. The maximum absolute atomic E-state index is 5.78. The summed E-state index contributed by atoms with van der Waals surface area (Å²) in [6.07, 6.45) is 5.20. The molecule has 1 unspecified atom stereocenters. The Hall–Kier alpha value is -1.02. The molecule has 1 aromatic rings. The molecular formula is C13H20N2. The molecule has 0 radical (unpaired) electrons. The molecule has 1 aromatic carbocycles. The van der Waals surface area contributed by atoms with Crippen molar-refractivity contribution in [1.29, 1.82) is 0 Å². The van der Waals surface area contributed by atoms with Crippen LogP contribution in [0.3, 0.4) is 0 Å². The van der Waals surface area contributed by atoms with Gasteiger partial charge in [-0.3, -0.25) is 0 Å². The molecule has 1 fully saturated rings. The molecule has 15 heavy (non-hydrogen) atoms. The zero-order chi connectivity index (χ0) is 10.5. The van der Waals surface area contributed by atoms with Gasteiger partial charge in [-0.25, -0.2) is 0 Å². The van der Waals surface area contributed by atoms with Crippen molar-refractivity contribution in [1.82, 2.24) is 5.32 Å². The second-order valence-corrected chi connectivity index (χ2v) is 4.52. The summed E-state index contributed by atoms with van der Waals surface area (Å²) in [5.41, 5.74) is 8.04. The molecule has 0 aromatic heterocycles. The average molecular weight is 204 g/mol. The van der Waals surface area contributed by atoms with Gasteiger partial charge in [-0.1, -0.05) is 18.6 Å². The molecule has 0 bridgehead atoms. The maximum Gasteiger partial charge on any atom is 0.0316 e. The molecule has 2 rings (SSSR count). The van der Waals surface area contributed by atoms with Crippen LogP contribution >= 0.6 is 0 Å². The second-order valence-electron chi connectivity index (χ2n) is 4.52. The van der Waals surface area contributed by atoms with E-state index < -0.39 is 0 Å². The number of rotatable bonds is 2. The summed E-state index contributed by atoms with van der Waals surface area (Å²) in [6.45, 7) is 2.35. The third-order valence-electron chi connectivity index (χ3n) is 3.12. The van der Waals surface area contributed by atoms with Crippen LogP contribution in [0.1, 0.15) is 24.8 Å². The third-order valence-corrected chi connectivity index (χ3v) is 3.12. The van der Waals surface area contributed by atoms with Crippen molar-refractivity contribution < 1.29 is 0 Å². The predicted octanol–water partition coefficient (Wildman–Crippen LogP) is 2.20. The highest BCUT2D eigenvalue weighted by Gasteiger charge is 2.12. The van der Waals surface area contributed by atoms with E-state index in [9.17, 15) is 0 Å². The summed E-state index contributed by atoms with van der Waals surface area (Å²) < 4.78 is 0. The van der Waals surface area contributed by atoms with Crippen LogP contribution in [-0.4, -0.2) is 13.1 Å². The van der Waals surface area contributed by atoms with Crippen molar-refractivity contribution in [3.05, 3.63) is 29.8 Å². The molecule has 1 aliphatic heterocycles. The van der Waals surface area contributed by atoms with Gasteiger partial charge in [0, 0.05) is 5.69 Å². The van der Waals surface area contributed by atoms with Crippen molar-refractivity contribution in [2.24, 2.45) is 5.92 Å². The van der Waals surface area contributed by atoms with E-state index in [0.29, 0.717) is 0 Å². The van der Waals surface area contributed by atoms with Gasteiger partial charge in [-0.2, -0.15) is 0 Å². The van der Waals surface area contributed by atoms with E-state index in [-0.39, 0.29) is 0 Å². The molecule has 1 atom stereocenters. The fourth-order valence-electron chi connectivity index (χ4n) is 2.32. The first-order valence-corrected chi connectivity index (χ1v) is 5.90. The lowest BCUT2D eigenvalue weighted by atomic mass is 9.95. The molecule has 1 saturated heterocycles. The Labute approximate surface area is 91.9 Å². The van der Waals surface area contributed by atoms with Gasteiger partial charge in [0.2, 0.25) is 0 Å². The zero-order valence-corrected chi connectivity index (χ0v) is 9.21. The van der Waals surface area contributed by atoms with Gasteiger partial charge in [-0.15, -0.1) is 0 Å². The van der Waals surface area contributed by atoms with E-state index in [1.165, 1.54) is 31.4 Å². The highest BCUT2D eigenvalue weighted by atomic mass is 14.9. The van der Waals surface area contributed by atoms with Gasteiger partial charge in [0.15, 0.2) is 0 Å². The molecule has 1 aliphatic rings. The quantitative estimate of drug-likeness (QED) is 0.725. The van der Waals surface area contributed by atoms with E-state index >= 15 is 0 Å². The van der Waals surface area contributed by atoms with Crippen molar-refractivity contribution in [3.8, 4) is 0 Å². The largest absolute Gasteiger partial charge is 0.399 e. The van der Waals surface area contributed by atoms with Gasteiger partial charge in [0.05, 0.1) is 0 Å². The molecule has 3 N–H and O–H groups in total. The highest BCUT2D eigenvalue weighted by molar-refractivity contribution is 5.40. The summed E-state index contributed by atoms with van der Waals surface area (Å²) in [5.74, 6) is 0.786. The molecule has 2 heteroatoms. The molecule has 0 amide bonds. The van der Waals surface area contributed by atoms with Crippen LogP contribution in [0, 0.1) is 5.92 Å². The molecule has 0 aliphatic carbocycles. The maximum atomic E-state index is 5.78. The van der Waals surface area contributed by atoms with Crippen molar-refractivity contribution in [2.75, 3.05) is 18.8 Å². The lowest BCUT2D eigenvalue weighted by Gasteiger charge is -2.14. The Bertz CT molecular complexity index is 301. The smallest absolute Gasteiger partial charge is 0.0316 e. The van der Waals surface area contributed by atoms with Crippen LogP contribution in [0.4, 0.5) is 5.69 Å². The van der Waals surface area contributed by atoms with Crippen LogP contribution in [0.15, 0.2) is 24.3 Å². The first-order valence-electron chi connectivity index (χ1n) is 5.90. The summed E-state index contributed by atoms with van der Waals surface area (Å²) in [6, 6.07) is 8.29. The van der Waals surface area contributed by atoms with Crippen LogP contribution in [0.5, 0.6) is 0 Å². The van der Waals surface area contributed by atoms with Crippen molar-refractivity contribution >= 4 is 5.69 Å². The van der Waals surface area contributed by atoms with E-state index in [4.69, 9.17) is 5.73 Å². The Morgan fingerprint density at radius 3 is 3.13 bits per heavy atom. The van der Waals surface area contributed by atoms with Gasteiger partial charge in [0.1, 0.15) is 0 Å². The Kier molecular flexibility index (Phi) is 3.62. The number of hydrogen-bond donors (Lipinski definition) is 2. The molecule has 2 nitrogen and oxygen atoms in total. The minimum atomic E-state index is 0.786. The number of benzene rings is 1. The lowest BCUT2D eigenvalue weighted by molar-refractivity contribution is 0.477. The summed E-state index contributed by atoms with van der Waals surface area (Å²) in [5, 5.41) is 3.50. The molecule has 0 spiro atoms. The summed E-state index contributed by atoms with van der Waals surface area (Å²) in [4.78, 5) is 0. The first-order chi connectivity index (χ1) is 7.34. The standard InChI is InChI=1S/C13H20N2/c14-13-6-3-5-11(9-13)8-12-4-1-2-7-15-10-12/h3,5-6,9,12,15H,1-2,4,7-8,10,14H2. The molecular weight excluding hydrogens is 184 g/mol. The number of nitrogen functional groups attached to an aromatic ring is 1. The zero-order valence-electron chi connectivity index (χ0n) is 9.21. The molecule has 0 saturated carbocycles. The van der Waals surface area contributed by atoms with Gasteiger partial charge < -0.3 is 11.1 Å². The SMILES string of the molecule is Nc1cccc(CC2CCCCNC2)c1. The van der Waals surface area contributed by atoms with Gasteiger partial charge in [0.25, 0.3) is 0 Å². The topological polar surface area (TPSA) is 38.0 Å². The number of nitrogens with one attached hydrogen (secondary N) is 1. The van der Waals surface area contributed by atoms with Gasteiger partial charge in [-0.05, 0) is 56.0 Å². The Morgan fingerprint density at radius 2 is 2.27 bits per heavy atom. The Morgan fingerprint density at radius 1 is 1.33 bits per heavy atom. The van der Waals surface area contributed by atoms with Crippen LogP contribution in [0.25, 0.3) is 0 Å². The average Bonchev–Trinajstić information content (AvgIpc) is 2.46. The Balaban J connectivity index is 1.95. The van der Waals surface area contributed by atoms with E-state index in [0.717, 1.165) is 24.6 Å². The summed E-state index contributed by atoms with van der Waals surface area (Å²) in [7, 11) is 0. The number of nitrogens with two attached hydrogens (primary N) is 1. The van der Waals surface area contributed by atoms with Crippen LogP contribution in [-0.2, 0) is 6.42 Å². The second kappa shape index (κ2) is 5.17. The number of hydrogen-bond acceptors (Lipinski definition) is 2. The van der Waals surface area contributed by atoms with E-state index in [2.05, 4.69) is 23.5 Å². The predicted molar refractivity (Wildman–Crippen MR) is 64.8 cm³/mol. The minimum absolute atomic E-state index is 0.786. The van der Waals surface area contributed by atoms with Crippen molar-refractivity contribution in [2.45, 2.75) is 25.7 Å². The number of anilines is 1. The first kappa shape index (κ1) is 10.5. The highest BCUT2D eigenvalue weighted by Crippen LogP contribution is 2.18. The monoisotopic (exact) mass is 204 g/mol. The van der Waals surface area contributed by atoms with Crippen LogP contribution < -0.4 is 11.1 Å².